The van der Waals surface area contributed by atoms with Gasteiger partial charge in [-0.1, -0.05) is 67.6 Å². The number of benzene rings is 3. The number of hydrogen-bond donors (Lipinski definition) is 2. The van der Waals surface area contributed by atoms with Crippen molar-refractivity contribution in [2.45, 2.75) is 51.9 Å². The van der Waals surface area contributed by atoms with Gasteiger partial charge in [0.15, 0.2) is 0 Å². The van der Waals surface area contributed by atoms with Crippen molar-refractivity contribution in [3.05, 3.63) is 95.6 Å². The van der Waals surface area contributed by atoms with Crippen molar-refractivity contribution in [1.82, 2.24) is 5.32 Å². The fraction of sp³-hybridized carbons (Fsp3) is 0.412. The zero-order chi connectivity index (χ0) is 28.2. The molecule has 3 aromatic rings. The molecule has 2 N–H and O–H groups in total. The Morgan fingerprint density at radius 3 is 2.33 bits per heavy atom. The van der Waals surface area contributed by atoms with E-state index in [1.165, 1.54) is 5.56 Å². The number of carbonyl (C=O) groups excluding carboxylic acids is 2. The third kappa shape index (κ3) is 8.18. The van der Waals surface area contributed by atoms with Crippen LogP contribution >= 0.6 is 0 Å². The molecule has 212 valence electrons. The second-order valence-electron chi connectivity index (χ2n) is 10.5. The standard InChI is InChI=1S/C34H43N3O3/c1-3-30(28-14-9-6-10-15-28)34(39)36-29-16-17-32(31(25-29)33(38)35-20-11-23-40-4-2)37-21-18-27(19-22-37)24-26-12-7-5-8-13-26/h5-10,12-17,25,27,30H,3-4,11,18-24H2,1-2H3,(H,35,38)(H,36,39). The fourth-order valence-corrected chi connectivity index (χ4v) is 5.50. The first-order valence-electron chi connectivity index (χ1n) is 14.7. The molecule has 0 aromatic heterocycles. The summed E-state index contributed by atoms with van der Waals surface area (Å²) >= 11 is 0. The van der Waals surface area contributed by atoms with Gasteiger partial charge in [0.25, 0.3) is 5.91 Å². The van der Waals surface area contributed by atoms with E-state index in [1.807, 2.05) is 62.4 Å². The predicted molar refractivity (Wildman–Crippen MR) is 163 cm³/mol. The molecule has 1 unspecified atom stereocenters. The van der Waals surface area contributed by atoms with E-state index in [0.717, 1.165) is 50.0 Å². The third-order valence-electron chi connectivity index (χ3n) is 7.71. The molecule has 1 aliphatic heterocycles. The molecule has 1 heterocycles. The smallest absolute Gasteiger partial charge is 0.253 e. The average molecular weight is 542 g/mol. The number of nitrogens with zero attached hydrogens (tertiary/aromatic N) is 1. The predicted octanol–water partition coefficient (Wildman–Crippen LogP) is 6.43. The van der Waals surface area contributed by atoms with Crippen LogP contribution in [0.3, 0.4) is 0 Å². The summed E-state index contributed by atoms with van der Waals surface area (Å²) in [6, 6.07) is 26.3. The van der Waals surface area contributed by atoms with Crippen molar-refractivity contribution in [3.8, 4) is 0 Å². The number of anilines is 2. The monoisotopic (exact) mass is 541 g/mol. The van der Waals surface area contributed by atoms with Gasteiger partial charge in [-0.15, -0.1) is 0 Å². The van der Waals surface area contributed by atoms with Crippen LogP contribution in [0.25, 0.3) is 0 Å². The van der Waals surface area contributed by atoms with Crippen LogP contribution in [-0.2, 0) is 16.0 Å². The lowest BCUT2D eigenvalue weighted by Gasteiger charge is -2.35. The van der Waals surface area contributed by atoms with Crippen LogP contribution < -0.4 is 15.5 Å². The Labute approximate surface area is 239 Å². The molecule has 1 atom stereocenters. The number of amides is 2. The molecule has 0 saturated carbocycles. The van der Waals surface area contributed by atoms with E-state index in [4.69, 9.17) is 4.74 Å². The summed E-state index contributed by atoms with van der Waals surface area (Å²) < 4.78 is 5.42. The fourth-order valence-electron chi connectivity index (χ4n) is 5.50. The van der Waals surface area contributed by atoms with Crippen molar-refractivity contribution < 1.29 is 14.3 Å². The zero-order valence-electron chi connectivity index (χ0n) is 23.9. The molecular weight excluding hydrogens is 498 g/mol. The van der Waals surface area contributed by atoms with Crippen LogP contribution in [0, 0.1) is 5.92 Å². The van der Waals surface area contributed by atoms with E-state index in [-0.39, 0.29) is 17.7 Å². The van der Waals surface area contributed by atoms with Gasteiger partial charge in [-0.3, -0.25) is 9.59 Å². The molecule has 0 spiro atoms. The minimum absolute atomic E-state index is 0.0637. The highest BCUT2D eigenvalue weighted by Crippen LogP contribution is 2.31. The molecule has 0 radical (unpaired) electrons. The first-order valence-corrected chi connectivity index (χ1v) is 14.7. The maximum absolute atomic E-state index is 13.4. The number of carbonyl (C=O) groups is 2. The number of rotatable bonds is 13. The highest BCUT2D eigenvalue weighted by atomic mass is 16.5. The van der Waals surface area contributed by atoms with E-state index >= 15 is 0 Å². The summed E-state index contributed by atoms with van der Waals surface area (Å²) in [6.07, 6.45) is 4.70. The van der Waals surface area contributed by atoms with Crippen molar-refractivity contribution in [1.29, 1.82) is 0 Å². The minimum atomic E-state index is -0.250. The number of ether oxygens (including phenoxy) is 1. The van der Waals surface area contributed by atoms with Crippen LogP contribution in [0.2, 0.25) is 0 Å². The third-order valence-corrected chi connectivity index (χ3v) is 7.71. The van der Waals surface area contributed by atoms with Gasteiger partial charge in [0.2, 0.25) is 5.91 Å². The van der Waals surface area contributed by atoms with Crippen molar-refractivity contribution in [2.24, 2.45) is 5.92 Å². The van der Waals surface area contributed by atoms with Crippen LogP contribution in [0.4, 0.5) is 11.4 Å². The first kappa shape index (κ1) is 29.3. The Morgan fingerprint density at radius 1 is 0.950 bits per heavy atom. The van der Waals surface area contributed by atoms with Crippen molar-refractivity contribution >= 4 is 23.2 Å². The second-order valence-corrected chi connectivity index (χ2v) is 10.5. The maximum Gasteiger partial charge on any atom is 0.253 e. The summed E-state index contributed by atoms with van der Waals surface area (Å²) in [5.74, 6) is 0.202. The molecular formula is C34H43N3O3. The highest BCUT2D eigenvalue weighted by Gasteiger charge is 2.25. The molecule has 2 amide bonds. The number of piperidine rings is 1. The van der Waals surface area contributed by atoms with E-state index in [1.54, 1.807) is 0 Å². The molecule has 40 heavy (non-hydrogen) atoms. The zero-order valence-corrected chi connectivity index (χ0v) is 23.9. The van der Waals surface area contributed by atoms with Gasteiger partial charge in [0.05, 0.1) is 11.5 Å². The quantitative estimate of drug-likeness (QED) is 0.245. The highest BCUT2D eigenvalue weighted by molar-refractivity contribution is 6.02. The molecule has 3 aromatic carbocycles. The van der Waals surface area contributed by atoms with Crippen molar-refractivity contribution in [3.63, 3.8) is 0 Å². The summed E-state index contributed by atoms with van der Waals surface area (Å²) in [5.41, 5.74) is 4.54. The Morgan fingerprint density at radius 2 is 1.65 bits per heavy atom. The Kier molecular flexibility index (Phi) is 11.2. The summed E-state index contributed by atoms with van der Waals surface area (Å²) in [4.78, 5) is 29.0. The molecule has 6 heteroatoms. The maximum atomic E-state index is 13.4. The Hall–Kier alpha value is -3.64. The summed E-state index contributed by atoms with van der Waals surface area (Å²) in [7, 11) is 0. The van der Waals surface area contributed by atoms with Crippen molar-refractivity contribution in [2.75, 3.05) is 43.1 Å². The van der Waals surface area contributed by atoms with Gasteiger partial charge in [-0.05, 0) is 74.3 Å². The van der Waals surface area contributed by atoms with Crippen LogP contribution in [0.1, 0.15) is 66.9 Å². The molecule has 0 bridgehead atoms. The lowest BCUT2D eigenvalue weighted by atomic mass is 9.89. The van der Waals surface area contributed by atoms with Gasteiger partial charge >= 0.3 is 0 Å². The number of nitrogens with one attached hydrogen (secondary N) is 2. The van der Waals surface area contributed by atoms with E-state index in [2.05, 4.69) is 45.9 Å². The molecule has 4 rings (SSSR count). The van der Waals surface area contributed by atoms with Gasteiger partial charge in [-0.25, -0.2) is 0 Å². The molecule has 1 aliphatic rings. The summed E-state index contributed by atoms with van der Waals surface area (Å²) in [5, 5.41) is 6.14. The van der Waals surface area contributed by atoms with E-state index < -0.39 is 0 Å². The molecule has 1 saturated heterocycles. The van der Waals surface area contributed by atoms with E-state index in [9.17, 15) is 9.59 Å². The topological polar surface area (TPSA) is 70.7 Å². The summed E-state index contributed by atoms with van der Waals surface area (Å²) in [6.45, 7) is 7.62. The van der Waals surface area contributed by atoms with Gasteiger partial charge in [-0.2, -0.15) is 0 Å². The lowest BCUT2D eigenvalue weighted by molar-refractivity contribution is -0.117. The van der Waals surface area contributed by atoms with E-state index in [0.29, 0.717) is 43.3 Å². The number of hydrogen-bond acceptors (Lipinski definition) is 4. The Balaban J connectivity index is 1.47. The molecule has 0 aliphatic carbocycles. The SMILES string of the molecule is CCOCCCNC(=O)c1cc(NC(=O)C(CC)c2ccccc2)ccc1N1CCC(Cc2ccccc2)CC1. The minimum Gasteiger partial charge on any atom is -0.382 e. The van der Waals surface area contributed by atoms with Crippen LogP contribution in [-0.4, -0.2) is 44.7 Å². The molecule has 6 nitrogen and oxygen atoms in total. The Bertz CT molecular complexity index is 1210. The average Bonchev–Trinajstić information content (AvgIpc) is 2.99. The van der Waals surface area contributed by atoms with Gasteiger partial charge < -0.3 is 20.3 Å². The van der Waals surface area contributed by atoms with Crippen LogP contribution in [0.15, 0.2) is 78.9 Å². The second kappa shape index (κ2) is 15.2. The first-order chi connectivity index (χ1) is 19.6. The largest absolute Gasteiger partial charge is 0.382 e. The molecule has 1 fully saturated rings. The normalized spacial score (nSPS) is 14.5. The van der Waals surface area contributed by atoms with Gasteiger partial charge in [0.1, 0.15) is 0 Å². The van der Waals surface area contributed by atoms with Gasteiger partial charge in [0, 0.05) is 44.2 Å². The lowest BCUT2D eigenvalue weighted by Crippen LogP contribution is -2.36. The van der Waals surface area contributed by atoms with Crippen LogP contribution in [0.5, 0.6) is 0 Å².